The van der Waals surface area contributed by atoms with Gasteiger partial charge in [0.15, 0.2) is 4.90 Å². The lowest BCUT2D eigenvalue weighted by Gasteiger charge is -2.31. The van der Waals surface area contributed by atoms with E-state index in [0.717, 1.165) is 33.9 Å². The van der Waals surface area contributed by atoms with Crippen LogP contribution in [-0.4, -0.2) is 76.1 Å². The first-order chi connectivity index (χ1) is 26.0. The van der Waals surface area contributed by atoms with Crippen molar-refractivity contribution >= 4 is 33.7 Å². The molecule has 0 fully saturated rings. The predicted molar refractivity (Wildman–Crippen MR) is 202 cm³/mol. The topological polar surface area (TPSA) is 174 Å². The van der Waals surface area contributed by atoms with Gasteiger partial charge in [-0.25, -0.2) is 17.9 Å². The average Bonchev–Trinajstić information content (AvgIpc) is 3.50. The van der Waals surface area contributed by atoms with Crippen LogP contribution in [-0.2, 0) is 35.5 Å². The lowest BCUT2D eigenvalue weighted by molar-refractivity contribution is -0.387. The number of rotatable bonds is 18. The molecule has 54 heavy (non-hydrogen) atoms. The number of esters is 1. The fourth-order valence-electron chi connectivity index (χ4n) is 6.81. The molecular formula is C40H44N4O9S. The molecule has 2 N–H and O–H groups in total. The molecule has 4 aromatic rings. The molecule has 2 atom stereocenters. The van der Waals surface area contributed by atoms with E-state index in [1.807, 2.05) is 78.9 Å². The Kier molecular flexibility index (Phi) is 13.5. The standard InChI is InChI=1S/C40H44N4O9S/c1-43(39(46)29(25-38(45)52-2)24-28-14-4-3-5-15-28)30(16-12-13-23-42-54(50,51)37-22-11-10-21-36(37)44(48)49)26-41-40(47)53-27-35-33-19-8-6-17-31(33)32-18-7-9-20-34(32)35/h3-11,14-15,17-22,29-30,35,42H,12-13,16,23-27H2,1-2H3,(H,41,47)/t29-,30+/m1/s1. The second-order valence-corrected chi connectivity index (χ2v) is 14.8. The zero-order valence-electron chi connectivity index (χ0n) is 30.2. The van der Waals surface area contributed by atoms with Crippen LogP contribution in [0.15, 0.2) is 108 Å². The Bertz CT molecular complexity index is 2010. The Hall–Kier alpha value is -5.60. The Morgan fingerprint density at radius 2 is 1.48 bits per heavy atom. The van der Waals surface area contributed by atoms with Crippen molar-refractivity contribution in [1.82, 2.24) is 14.9 Å². The van der Waals surface area contributed by atoms with Crippen molar-refractivity contribution in [2.45, 2.75) is 49.0 Å². The minimum atomic E-state index is -4.17. The summed E-state index contributed by atoms with van der Waals surface area (Å²) in [6.45, 7) is 0.117. The van der Waals surface area contributed by atoms with E-state index in [-0.39, 0.29) is 37.9 Å². The number of nitro groups is 1. The highest BCUT2D eigenvalue weighted by molar-refractivity contribution is 7.89. The van der Waals surface area contributed by atoms with Crippen molar-refractivity contribution in [3.05, 3.63) is 130 Å². The van der Waals surface area contributed by atoms with Gasteiger partial charge in [-0.2, -0.15) is 0 Å². The highest BCUT2D eigenvalue weighted by atomic mass is 32.2. The second-order valence-electron chi connectivity index (χ2n) is 13.1. The van der Waals surface area contributed by atoms with E-state index in [0.29, 0.717) is 25.7 Å². The Morgan fingerprint density at radius 1 is 0.870 bits per heavy atom. The molecule has 1 aliphatic carbocycles. The zero-order valence-corrected chi connectivity index (χ0v) is 31.0. The second kappa shape index (κ2) is 18.4. The third-order valence-corrected chi connectivity index (χ3v) is 11.2. The number of sulfonamides is 1. The summed E-state index contributed by atoms with van der Waals surface area (Å²) in [5, 5.41) is 14.2. The largest absolute Gasteiger partial charge is 0.469 e. The number of para-hydroxylation sites is 1. The van der Waals surface area contributed by atoms with Crippen molar-refractivity contribution in [2.24, 2.45) is 5.92 Å². The number of carbonyl (C=O) groups is 3. The van der Waals surface area contributed by atoms with Gasteiger partial charge >= 0.3 is 12.1 Å². The van der Waals surface area contributed by atoms with Crippen molar-refractivity contribution in [3.63, 3.8) is 0 Å². The lowest BCUT2D eigenvalue weighted by Crippen LogP contribution is -2.47. The first-order valence-electron chi connectivity index (χ1n) is 17.7. The molecule has 0 spiro atoms. The van der Waals surface area contributed by atoms with Crippen molar-refractivity contribution < 1.29 is 37.2 Å². The Labute approximate surface area is 314 Å². The zero-order chi connectivity index (χ0) is 38.7. The number of likely N-dealkylation sites (N-methyl/N-ethyl adjacent to an activating group) is 1. The van der Waals surface area contributed by atoms with Crippen molar-refractivity contribution in [3.8, 4) is 11.1 Å². The molecule has 0 aliphatic heterocycles. The summed E-state index contributed by atoms with van der Waals surface area (Å²) >= 11 is 0. The summed E-state index contributed by atoms with van der Waals surface area (Å²) in [6, 6.07) is 29.9. The monoisotopic (exact) mass is 756 g/mol. The van der Waals surface area contributed by atoms with Crippen LogP contribution in [0.25, 0.3) is 11.1 Å². The van der Waals surface area contributed by atoms with Gasteiger partial charge in [0.05, 0.1) is 24.4 Å². The number of hydrogen-bond donors (Lipinski definition) is 2. The summed E-state index contributed by atoms with van der Waals surface area (Å²) in [5.74, 6) is -1.73. The van der Waals surface area contributed by atoms with Crippen LogP contribution >= 0.6 is 0 Å². The van der Waals surface area contributed by atoms with Crippen LogP contribution in [0, 0.1) is 16.0 Å². The molecule has 0 saturated carbocycles. The predicted octanol–water partition coefficient (Wildman–Crippen LogP) is 5.83. The molecular weight excluding hydrogens is 713 g/mol. The van der Waals surface area contributed by atoms with E-state index in [2.05, 4.69) is 10.0 Å². The molecule has 14 heteroatoms. The van der Waals surface area contributed by atoms with Crippen LogP contribution in [0.5, 0.6) is 0 Å². The molecule has 0 bridgehead atoms. The number of nitrogens with one attached hydrogen (secondary N) is 2. The normalized spacial score (nSPS) is 13.2. The van der Waals surface area contributed by atoms with Crippen LogP contribution in [0.4, 0.5) is 10.5 Å². The fourth-order valence-corrected chi connectivity index (χ4v) is 8.05. The summed E-state index contributed by atoms with van der Waals surface area (Å²) in [6.07, 6.45) is 0.603. The number of amides is 2. The number of fused-ring (bicyclic) bond motifs is 3. The van der Waals surface area contributed by atoms with Gasteiger partial charge in [0.2, 0.25) is 15.9 Å². The summed E-state index contributed by atoms with van der Waals surface area (Å²) in [4.78, 5) is 51.3. The smallest absolute Gasteiger partial charge is 0.407 e. The number of carbonyl (C=O) groups excluding carboxylic acids is 3. The van der Waals surface area contributed by atoms with Crippen molar-refractivity contribution in [1.29, 1.82) is 0 Å². The van der Waals surface area contributed by atoms with Gasteiger partial charge in [0, 0.05) is 38.2 Å². The number of methoxy groups -OCH3 is 1. The van der Waals surface area contributed by atoms with Gasteiger partial charge in [-0.05, 0) is 53.1 Å². The number of alkyl carbamates (subject to hydrolysis) is 1. The van der Waals surface area contributed by atoms with Gasteiger partial charge in [0.1, 0.15) is 6.61 Å². The van der Waals surface area contributed by atoms with Gasteiger partial charge in [-0.3, -0.25) is 19.7 Å². The van der Waals surface area contributed by atoms with E-state index in [4.69, 9.17) is 9.47 Å². The maximum atomic E-state index is 14.0. The molecule has 0 radical (unpaired) electrons. The molecule has 0 unspecified atom stereocenters. The molecule has 0 saturated heterocycles. The third kappa shape index (κ3) is 9.88. The highest BCUT2D eigenvalue weighted by Gasteiger charge is 2.32. The summed E-state index contributed by atoms with van der Waals surface area (Å²) < 4.78 is 38.8. The van der Waals surface area contributed by atoms with Gasteiger partial charge in [-0.15, -0.1) is 0 Å². The maximum absolute atomic E-state index is 14.0. The average molecular weight is 757 g/mol. The molecule has 0 heterocycles. The number of nitro benzene ring substituents is 1. The number of unbranched alkanes of at least 4 members (excludes halogenated alkanes) is 1. The summed E-state index contributed by atoms with van der Waals surface area (Å²) in [5.41, 5.74) is 4.69. The highest BCUT2D eigenvalue weighted by Crippen LogP contribution is 2.44. The van der Waals surface area contributed by atoms with E-state index in [9.17, 15) is 32.9 Å². The Balaban J connectivity index is 1.25. The molecule has 5 rings (SSSR count). The minimum Gasteiger partial charge on any atom is -0.469 e. The van der Waals surface area contributed by atoms with E-state index < -0.39 is 49.6 Å². The number of nitrogens with zero attached hydrogens (tertiary/aromatic N) is 2. The molecule has 284 valence electrons. The van der Waals surface area contributed by atoms with Gasteiger partial charge in [0.25, 0.3) is 5.69 Å². The molecule has 0 aromatic heterocycles. The minimum absolute atomic E-state index is 0.0163. The van der Waals surface area contributed by atoms with Crippen molar-refractivity contribution in [2.75, 3.05) is 33.9 Å². The Morgan fingerprint density at radius 3 is 2.13 bits per heavy atom. The molecule has 13 nitrogen and oxygen atoms in total. The molecule has 1 aliphatic rings. The fraction of sp³-hybridized carbons (Fsp3) is 0.325. The number of hydrogen-bond acceptors (Lipinski definition) is 9. The maximum Gasteiger partial charge on any atom is 0.407 e. The first kappa shape index (κ1) is 39.6. The molecule has 2 amide bonds. The van der Waals surface area contributed by atoms with Gasteiger partial charge < -0.3 is 19.7 Å². The third-order valence-electron chi connectivity index (χ3n) is 9.64. The SMILES string of the molecule is COC(=O)C[C@@H](Cc1ccccc1)C(=O)N(C)[C@@H](CCCCNS(=O)(=O)c1ccccc1[N+](=O)[O-])CNC(=O)OCC1c2ccccc2-c2ccccc21. The van der Waals surface area contributed by atoms with E-state index in [1.54, 1.807) is 7.05 Å². The van der Waals surface area contributed by atoms with Crippen LogP contribution in [0.3, 0.4) is 0 Å². The van der Waals surface area contributed by atoms with Crippen LogP contribution in [0.2, 0.25) is 0 Å². The first-order valence-corrected chi connectivity index (χ1v) is 19.2. The van der Waals surface area contributed by atoms with E-state index >= 15 is 0 Å². The molecule has 4 aromatic carbocycles. The van der Waals surface area contributed by atoms with Crippen LogP contribution < -0.4 is 10.0 Å². The van der Waals surface area contributed by atoms with E-state index in [1.165, 1.54) is 30.2 Å². The number of benzene rings is 4. The lowest BCUT2D eigenvalue weighted by atomic mass is 9.94. The summed E-state index contributed by atoms with van der Waals surface area (Å²) in [7, 11) is -1.29. The van der Waals surface area contributed by atoms with Gasteiger partial charge in [-0.1, -0.05) is 97.4 Å². The number of ether oxygens (including phenoxy) is 2. The van der Waals surface area contributed by atoms with Crippen LogP contribution in [0.1, 0.15) is 48.3 Å². The quantitative estimate of drug-likeness (QED) is 0.0548.